The minimum Gasteiger partial charge on any atom is -0.497 e. The van der Waals surface area contributed by atoms with Crippen LogP contribution in [0, 0.1) is 0 Å². The second-order valence-electron chi connectivity index (χ2n) is 9.21. The highest BCUT2D eigenvalue weighted by molar-refractivity contribution is 5.52. The lowest BCUT2D eigenvalue weighted by Crippen LogP contribution is -2.47. The van der Waals surface area contributed by atoms with Gasteiger partial charge in [0.25, 0.3) is 0 Å². The van der Waals surface area contributed by atoms with Gasteiger partial charge in [-0.05, 0) is 30.5 Å². The van der Waals surface area contributed by atoms with Crippen LogP contribution < -0.4 is 10.1 Å². The molecule has 1 aliphatic heterocycles. The van der Waals surface area contributed by atoms with Gasteiger partial charge in [0, 0.05) is 45.4 Å². The molecule has 3 heterocycles. The van der Waals surface area contributed by atoms with Crippen molar-refractivity contribution < 1.29 is 9.47 Å². The summed E-state index contributed by atoms with van der Waals surface area (Å²) in [7, 11) is 3.44. The summed E-state index contributed by atoms with van der Waals surface area (Å²) in [6.07, 6.45) is 1.91. The van der Waals surface area contributed by atoms with Crippen LogP contribution in [-0.4, -0.2) is 82.9 Å². The van der Waals surface area contributed by atoms with Crippen molar-refractivity contribution in [2.45, 2.75) is 39.3 Å². The van der Waals surface area contributed by atoms with Crippen LogP contribution in [0.3, 0.4) is 0 Å². The van der Waals surface area contributed by atoms with E-state index < -0.39 is 0 Å². The van der Waals surface area contributed by atoms with Gasteiger partial charge in [-0.1, -0.05) is 26.0 Å². The third-order valence-corrected chi connectivity index (χ3v) is 6.44. The summed E-state index contributed by atoms with van der Waals surface area (Å²) in [6, 6.07) is 8.12. The first kappa shape index (κ1) is 24.4. The number of anilines is 1. The molecule has 1 unspecified atom stereocenters. The second kappa shape index (κ2) is 11.1. The number of nitrogens with one attached hydrogen (secondary N) is 1. The zero-order valence-corrected chi connectivity index (χ0v) is 21.0. The van der Waals surface area contributed by atoms with Crippen molar-refractivity contribution in [3.05, 3.63) is 47.4 Å². The van der Waals surface area contributed by atoms with Crippen LogP contribution in [0.15, 0.2) is 30.5 Å². The fourth-order valence-electron chi connectivity index (χ4n) is 4.29. The van der Waals surface area contributed by atoms with Gasteiger partial charge in [0.2, 0.25) is 5.95 Å². The Labute approximate surface area is 202 Å². The summed E-state index contributed by atoms with van der Waals surface area (Å²) in [6.45, 7) is 13.0. The summed E-state index contributed by atoms with van der Waals surface area (Å²) >= 11 is 0. The van der Waals surface area contributed by atoms with Crippen molar-refractivity contribution in [2.24, 2.45) is 0 Å². The molecule has 0 amide bonds. The van der Waals surface area contributed by atoms with E-state index in [0.29, 0.717) is 11.9 Å². The highest BCUT2D eigenvalue weighted by Gasteiger charge is 2.21. The van der Waals surface area contributed by atoms with Crippen molar-refractivity contribution >= 4 is 11.6 Å². The SMILES string of the molecule is COCCN1CCN(Cc2nc(NC(C)c3cccc(OC)c3)n3ncc(C(C)C)c3n2)CC1. The van der Waals surface area contributed by atoms with E-state index in [-0.39, 0.29) is 6.04 Å². The molecule has 1 aromatic carbocycles. The van der Waals surface area contributed by atoms with E-state index in [4.69, 9.17) is 19.4 Å². The van der Waals surface area contributed by atoms with Crippen LogP contribution in [0.5, 0.6) is 5.75 Å². The summed E-state index contributed by atoms with van der Waals surface area (Å²) in [5.41, 5.74) is 3.13. The molecule has 1 N–H and O–H groups in total. The standard InChI is InChI=1S/C25H37N7O2/c1-18(2)22-16-26-32-24(22)28-23(17-31-11-9-30(10-12-31)13-14-33-4)29-25(32)27-19(3)20-7-6-8-21(15-20)34-5/h6-8,15-16,18-19H,9-14,17H2,1-5H3,(H,27,28,29). The molecule has 2 aromatic heterocycles. The number of hydrogen-bond donors (Lipinski definition) is 1. The molecule has 3 aromatic rings. The number of hydrogen-bond acceptors (Lipinski definition) is 8. The average Bonchev–Trinajstić information content (AvgIpc) is 3.28. The van der Waals surface area contributed by atoms with Crippen LogP contribution in [0.25, 0.3) is 5.65 Å². The molecule has 1 aliphatic rings. The number of aromatic nitrogens is 4. The highest BCUT2D eigenvalue weighted by Crippen LogP contribution is 2.25. The van der Waals surface area contributed by atoms with Crippen molar-refractivity contribution in [2.75, 3.05) is 58.9 Å². The van der Waals surface area contributed by atoms with Gasteiger partial charge >= 0.3 is 0 Å². The van der Waals surface area contributed by atoms with Crippen LogP contribution in [0.4, 0.5) is 5.95 Å². The van der Waals surface area contributed by atoms with E-state index in [1.165, 1.54) is 0 Å². The van der Waals surface area contributed by atoms with Gasteiger partial charge < -0.3 is 14.8 Å². The topological polar surface area (TPSA) is 80.0 Å². The largest absolute Gasteiger partial charge is 0.497 e. The summed E-state index contributed by atoms with van der Waals surface area (Å²) in [4.78, 5) is 14.7. The van der Waals surface area contributed by atoms with E-state index in [1.54, 1.807) is 14.2 Å². The van der Waals surface area contributed by atoms with E-state index in [0.717, 1.165) is 74.2 Å². The smallest absolute Gasteiger partial charge is 0.228 e. The molecule has 4 rings (SSSR count). The molecular weight excluding hydrogens is 430 g/mol. The number of rotatable bonds is 10. The highest BCUT2D eigenvalue weighted by atomic mass is 16.5. The molecule has 184 valence electrons. The van der Waals surface area contributed by atoms with Crippen molar-refractivity contribution in [1.82, 2.24) is 29.4 Å². The first-order valence-corrected chi connectivity index (χ1v) is 12.1. The third kappa shape index (κ3) is 5.65. The Morgan fingerprint density at radius 1 is 1.03 bits per heavy atom. The first-order valence-electron chi connectivity index (χ1n) is 12.1. The van der Waals surface area contributed by atoms with Gasteiger partial charge in [0.1, 0.15) is 11.6 Å². The molecule has 0 saturated carbocycles. The fourth-order valence-corrected chi connectivity index (χ4v) is 4.29. The lowest BCUT2D eigenvalue weighted by Gasteiger charge is -2.34. The Bertz CT molecular complexity index is 1080. The summed E-state index contributed by atoms with van der Waals surface area (Å²) in [5, 5.41) is 8.18. The monoisotopic (exact) mass is 467 g/mol. The van der Waals surface area contributed by atoms with Gasteiger partial charge in [-0.2, -0.15) is 14.6 Å². The number of nitrogens with zero attached hydrogens (tertiary/aromatic N) is 6. The van der Waals surface area contributed by atoms with Crippen molar-refractivity contribution in [1.29, 1.82) is 0 Å². The summed E-state index contributed by atoms with van der Waals surface area (Å²) in [5.74, 6) is 2.69. The molecule has 9 heteroatoms. The Kier molecular flexibility index (Phi) is 7.97. The number of fused-ring (bicyclic) bond motifs is 1. The number of methoxy groups -OCH3 is 2. The van der Waals surface area contributed by atoms with Crippen molar-refractivity contribution in [3.8, 4) is 5.75 Å². The van der Waals surface area contributed by atoms with Crippen molar-refractivity contribution in [3.63, 3.8) is 0 Å². The van der Waals surface area contributed by atoms with E-state index in [2.05, 4.69) is 47.1 Å². The Morgan fingerprint density at radius 3 is 2.50 bits per heavy atom. The van der Waals surface area contributed by atoms with Crippen LogP contribution in [0.2, 0.25) is 0 Å². The number of benzene rings is 1. The number of piperazine rings is 1. The van der Waals surface area contributed by atoms with Gasteiger partial charge in [-0.15, -0.1) is 0 Å². The first-order chi connectivity index (χ1) is 16.5. The second-order valence-corrected chi connectivity index (χ2v) is 9.21. The van der Waals surface area contributed by atoms with Crippen LogP contribution >= 0.6 is 0 Å². The molecule has 0 aliphatic carbocycles. The Morgan fingerprint density at radius 2 is 1.79 bits per heavy atom. The van der Waals surface area contributed by atoms with Gasteiger partial charge in [-0.25, -0.2) is 4.98 Å². The van der Waals surface area contributed by atoms with E-state index in [9.17, 15) is 0 Å². The van der Waals surface area contributed by atoms with Crippen LogP contribution in [0.1, 0.15) is 49.7 Å². The fraction of sp³-hybridized carbons (Fsp3) is 0.560. The molecule has 9 nitrogen and oxygen atoms in total. The molecule has 1 fully saturated rings. The molecular formula is C25H37N7O2. The molecule has 34 heavy (non-hydrogen) atoms. The lowest BCUT2D eigenvalue weighted by atomic mass is 10.1. The predicted molar refractivity (Wildman–Crippen MR) is 133 cm³/mol. The van der Waals surface area contributed by atoms with E-state index >= 15 is 0 Å². The zero-order valence-electron chi connectivity index (χ0n) is 21.0. The van der Waals surface area contributed by atoms with Gasteiger partial charge in [0.15, 0.2) is 5.65 Å². The predicted octanol–water partition coefficient (Wildman–Crippen LogP) is 3.19. The molecule has 0 spiro atoms. The summed E-state index contributed by atoms with van der Waals surface area (Å²) < 4.78 is 12.5. The molecule has 1 atom stereocenters. The molecule has 0 radical (unpaired) electrons. The van der Waals surface area contributed by atoms with Gasteiger partial charge in [0.05, 0.1) is 32.5 Å². The normalized spacial score (nSPS) is 16.3. The maximum Gasteiger partial charge on any atom is 0.228 e. The minimum atomic E-state index is 0.0251. The quantitative estimate of drug-likeness (QED) is 0.487. The third-order valence-electron chi connectivity index (χ3n) is 6.44. The van der Waals surface area contributed by atoms with Gasteiger partial charge in [-0.3, -0.25) is 9.80 Å². The minimum absolute atomic E-state index is 0.0251. The maximum absolute atomic E-state index is 5.40. The van der Waals surface area contributed by atoms with E-state index in [1.807, 2.05) is 28.9 Å². The lowest BCUT2D eigenvalue weighted by molar-refractivity contribution is 0.0926. The Balaban J connectivity index is 1.56. The Hall–Kier alpha value is -2.75. The molecule has 1 saturated heterocycles. The maximum atomic E-state index is 5.40. The average molecular weight is 468 g/mol. The van der Waals surface area contributed by atoms with Crippen LogP contribution in [-0.2, 0) is 11.3 Å². The zero-order chi connectivity index (χ0) is 24.1. The number of ether oxygens (including phenoxy) is 2. The molecule has 0 bridgehead atoms.